The topological polar surface area (TPSA) is 41.6 Å². The number of halogens is 1. The van der Waals surface area contributed by atoms with Gasteiger partial charge in [-0.1, -0.05) is 15.9 Å². The summed E-state index contributed by atoms with van der Waals surface area (Å²) in [5, 5.41) is 6.23. The van der Waals surface area contributed by atoms with Crippen molar-refractivity contribution in [1.82, 2.24) is 9.99 Å². The standard InChI is InChI=1S/C13H12BrN3O/c14-11-4-2-10(3-5-11)13-16-12(9-18-13)8-17-7-1-6-15-17/h2-6,9H,1,7-8H2. The van der Waals surface area contributed by atoms with Gasteiger partial charge >= 0.3 is 0 Å². The summed E-state index contributed by atoms with van der Waals surface area (Å²) in [6, 6.07) is 7.91. The van der Waals surface area contributed by atoms with Crippen LogP contribution in [0.25, 0.3) is 11.5 Å². The van der Waals surface area contributed by atoms with E-state index in [1.54, 1.807) is 6.26 Å². The molecule has 0 N–H and O–H groups in total. The highest BCUT2D eigenvalue weighted by molar-refractivity contribution is 9.10. The number of aromatic nitrogens is 1. The molecule has 1 aromatic carbocycles. The van der Waals surface area contributed by atoms with Crippen LogP contribution < -0.4 is 0 Å². The zero-order valence-electron chi connectivity index (χ0n) is 9.71. The van der Waals surface area contributed by atoms with E-state index < -0.39 is 0 Å². The Morgan fingerprint density at radius 1 is 1.28 bits per heavy atom. The Hall–Kier alpha value is -1.62. The van der Waals surface area contributed by atoms with Crippen molar-refractivity contribution in [2.75, 3.05) is 6.54 Å². The number of benzene rings is 1. The van der Waals surface area contributed by atoms with E-state index in [2.05, 4.69) is 26.0 Å². The largest absolute Gasteiger partial charge is 0.444 e. The Balaban J connectivity index is 1.76. The van der Waals surface area contributed by atoms with Crippen molar-refractivity contribution in [3.8, 4) is 11.5 Å². The minimum Gasteiger partial charge on any atom is -0.444 e. The van der Waals surface area contributed by atoms with Gasteiger partial charge in [-0.25, -0.2) is 4.98 Å². The molecule has 1 aromatic heterocycles. The highest BCUT2D eigenvalue weighted by Gasteiger charge is 2.11. The molecular weight excluding hydrogens is 294 g/mol. The summed E-state index contributed by atoms with van der Waals surface area (Å²) in [4.78, 5) is 4.48. The molecule has 0 saturated heterocycles. The monoisotopic (exact) mass is 305 g/mol. The molecule has 0 bridgehead atoms. The number of hydrogen-bond acceptors (Lipinski definition) is 4. The van der Waals surface area contributed by atoms with Gasteiger partial charge in [-0.05, 0) is 24.3 Å². The van der Waals surface area contributed by atoms with Crippen molar-refractivity contribution in [2.45, 2.75) is 13.0 Å². The van der Waals surface area contributed by atoms with Crippen molar-refractivity contribution in [2.24, 2.45) is 5.10 Å². The lowest BCUT2D eigenvalue weighted by molar-refractivity contribution is 0.306. The van der Waals surface area contributed by atoms with Crippen LogP contribution in [0.2, 0.25) is 0 Å². The van der Waals surface area contributed by atoms with Gasteiger partial charge in [0.15, 0.2) is 0 Å². The fourth-order valence-electron chi connectivity index (χ4n) is 1.85. The molecule has 0 fully saturated rings. The average Bonchev–Trinajstić information content (AvgIpc) is 3.02. The summed E-state index contributed by atoms with van der Waals surface area (Å²) in [6.07, 6.45) is 4.64. The maximum Gasteiger partial charge on any atom is 0.226 e. The number of oxazole rings is 1. The molecule has 2 aromatic rings. The summed E-state index contributed by atoms with van der Waals surface area (Å²) < 4.78 is 6.54. The molecule has 0 radical (unpaired) electrons. The minimum absolute atomic E-state index is 0.653. The zero-order valence-corrected chi connectivity index (χ0v) is 11.3. The maximum atomic E-state index is 5.50. The minimum atomic E-state index is 0.653. The highest BCUT2D eigenvalue weighted by Crippen LogP contribution is 2.21. The second-order valence-electron chi connectivity index (χ2n) is 4.13. The van der Waals surface area contributed by atoms with E-state index in [9.17, 15) is 0 Å². The molecule has 1 aliphatic heterocycles. The molecule has 0 saturated carbocycles. The summed E-state index contributed by atoms with van der Waals surface area (Å²) in [7, 11) is 0. The summed E-state index contributed by atoms with van der Waals surface area (Å²) in [5.74, 6) is 0.653. The van der Waals surface area contributed by atoms with Gasteiger partial charge in [0, 0.05) is 29.2 Å². The van der Waals surface area contributed by atoms with Crippen LogP contribution >= 0.6 is 15.9 Å². The molecule has 2 heterocycles. The van der Waals surface area contributed by atoms with E-state index in [1.165, 1.54) is 0 Å². The number of hydrogen-bond donors (Lipinski definition) is 0. The maximum absolute atomic E-state index is 5.50. The second kappa shape index (κ2) is 4.94. The first-order valence-electron chi connectivity index (χ1n) is 5.79. The molecule has 5 heteroatoms. The van der Waals surface area contributed by atoms with Crippen molar-refractivity contribution < 1.29 is 4.42 Å². The van der Waals surface area contributed by atoms with E-state index in [-0.39, 0.29) is 0 Å². The summed E-state index contributed by atoms with van der Waals surface area (Å²) in [5.41, 5.74) is 1.89. The van der Waals surface area contributed by atoms with Gasteiger partial charge in [-0.2, -0.15) is 5.10 Å². The van der Waals surface area contributed by atoms with Crippen LogP contribution in [0.4, 0.5) is 0 Å². The second-order valence-corrected chi connectivity index (χ2v) is 5.04. The SMILES string of the molecule is Brc1ccc(-c2nc(CN3CCC=N3)co2)cc1. The van der Waals surface area contributed by atoms with Crippen LogP contribution in [0.15, 0.2) is 44.5 Å². The normalized spacial score (nSPS) is 14.4. The molecule has 0 atom stereocenters. The van der Waals surface area contributed by atoms with Crippen molar-refractivity contribution in [3.05, 3.63) is 40.7 Å². The molecule has 18 heavy (non-hydrogen) atoms. The third-order valence-electron chi connectivity index (χ3n) is 2.75. The summed E-state index contributed by atoms with van der Waals surface area (Å²) in [6.45, 7) is 1.66. The molecule has 0 unspecified atom stereocenters. The zero-order chi connectivity index (χ0) is 12.4. The van der Waals surface area contributed by atoms with Crippen LogP contribution in [0.5, 0.6) is 0 Å². The number of hydrazone groups is 1. The van der Waals surface area contributed by atoms with E-state index >= 15 is 0 Å². The van der Waals surface area contributed by atoms with Gasteiger partial charge in [-0.3, -0.25) is 5.01 Å². The first kappa shape index (κ1) is 11.5. The first-order valence-corrected chi connectivity index (χ1v) is 6.58. The number of rotatable bonds is 3. The van der Waals surface area contributed by atoms with E-state index in [1.807, 2.05) is 35.5 Å². The lowest BCUT2D eigenvalue weighted by Crippen LogP contribution is -2.13. The fraction of sp³-hybridized carbons (Fsp3) is 0.231. The number of nitrogens with zero attached hydrogens (tertiary/aromatic N) is 3. The molecular formula is C13H12BrN3O. The Bertz CT molecular complexity index is 562. The van der Waals surface area contributed by atoms with Crippen LogP contribution in [-0.2, 0) is 6.54 Å². The Kier molecular flexibility index (Phi) is 3.15. The lowest BCUT2D eigenvalue weighted by Gasteiger charge is -2.10. The molecule has 0 spiro atoms. The Labute approximate surface area is 113 Å². The average molecular weight is 306 g/mol. The van der Waals surface area contributed by atoms with Crippen molar-refractivity contribution >= 4 is 22.1 Å². The summed E-state index contributed by atoms with van der Waals surface area (Å²) >= 11 is 3.41. The predicted molar refractivity (Wildman–Crippen MR) is 73.2 cm³/mol. The Morgan fingerprint density at radius 3 is 2.83 bits per heavy atom. The third-order valence-corrected chi connectivity index (χ3v) is 3.28. The van der Waals surface area contributed by atoms with E-state index in [4.69, 9.17) is 4.42 Å². The third kappa shape index (κ3) is 2.46. The molecule has 92 valence electrons. The molecule has 1 aliphatic rings. The predicted octanol–water partition coefficient (Wildman–Crippen LogP) is 3.30. The van der Waals surface area contributed by atoms with Gasteiger partial charge < -0.3 is 4.42 Å². The van der Waals surface area contributed by atoms with E-state index in [0.717, 1.165) is 28.7 Å². The molecule has 0 aliphatic carbocycles. The van der Waals surface area contributed by atoms with Gasteiger partial charge in [0.05, 0.1) is 6.54 Å². The van der Waals surface area contributed by atoms with Crippen molar-refractivity contribution in [1.29, 1.82) is 0 Å². The fourth-order valence-corrected chi connectivity index (χ4v) is 2.11. The van der Waals surface area contributed by atoms with Crippen LogP contribution in [0, 0.1) is 0 Å². The van der Waals surface area contributed by atoms with Gasteiger partial charge in [-0.15, -0.1) is 0 Å². The smallest absolute Gasteiger partial charge is 0.226 e. The van der Waals surface area contributed by atoms with Gasteiger partial charge in [0.1, 0.15) is 12.0 Å². The molecule has 0 amide bonds. The van der Waals surface area contributed by atoms with Crippen LogP contribution in [0.3, 0.4) is 0 Å². The highest BCUT2D eigenvalue weighted by atomic mass is 79.9. The van der Waals surface area contributed by atoms with Crippen LogP contribution in [-0.4, -0.2) is 22.8 Å². The van der Waals surface area contributed by atoms with E-state index in [0.29, 0.717) is 12.4 Å². The molecule has 3 rings (SSSR count). The van der Waals surface area contributed by atoms with Gasteiger partial charge in [0.25, 0.3) is 0 Å². The first-order chi connectivity index (χ1) is 8.81. The molecule has 4 nitrogen and oxygen atoms in total. The Morgan fingerprint density at radius 2 is 2.11 bits per heavy atom. The quantitative estimate of drug-likeness (QED) is 0.874. The van der Waals surface area contributed by atoms with Crippen molar-refractivity contribution in [3.63, 3.8) is 0 Å². The van der Waals surface area contributed by atoms with Gasteiger partial charge in [0.2, 0.25) is 5.89 Å². The lowest BCUT2D eigenvalue weighted by atomic mass is 10.2. The van der Waals surface area contributed by atoms with Crippen LogP contribution in [0.1, 0.15) is 12.1 Å².